The van der Waals surface area contributed by atoms with Crippen LogP contribution in [-0.2, 0) is 16.0 Å². The molecule has 154 valence electrons. The number of fused-ring (bicyclic) bond motifs is 1. The van der Waals surface area contributed by atoms with Crippen LogP contribution < -0.4 is 0 Å². The van der Waals surface area contributed by atoms with Gasteiger partial charge in [0.15, 0.2) is 17.3 Å². The van der Waals surface area contributed by atoms with Crippen molar-refractivity contribution in [2.24, 2.45) is 5.92 Å². The van der Waals surface area contributed by atoms with E-state index in [2.05, 4.69) is 6.58 Å². The van der Waals surface area contributed by atoms with E-state index in [1.54, 1.807) is 13.0 Å². The van der Waals surface area contributed by atoms with Crippen LogP contribution in [0.15, 0.2) is 47.3 Å². The Morgan fingerprint density at radius 1 is 1.14 bits per heavy atom. The Morgan fingerprint density at radius 3 is 2.34 bits per heavy atom. The Labute approximate surface area is 173 Å². The molecule has 0 atom stereocenters. The second kappa shape index (κ2) is 9.17. The van der Waals surface area contributed by atoms with Crippen molar-refractivity contribution in [1.82, 2.24) is 0 Å². The molecule has 1 aliphatic rings. The summed E-state index contributed by atoms with van der Waals surface area (Å²) in [5.74, 6) is -0.500. The Hall–Kier alpha value is -2.75. The van der Waals surface area contributed by atoms with Crippen LogP contribution in [0.25, 0.3) is 0 Å². The molecule has 0 amide bonds. The summed E-state index contributed by atoms with van der Waals surface area (Å²) in [7, 11) is 0. The van der Waals surface area contributed by atoms with Crippen LogP contribution in [0.4, 0.5) is 0 Å². The third kappa shape index (κ3) is 4.81. The standard InChI is InChI=1S/C25H30O4/c1-14(2)12-13-29-25-21(16(5)6)23(27)19-9-8-17(7)18(22(19)24(25)28)10-11-20(26)15(3)4/h8-9,12,16H,3,10-11,13H2,1-2,4-7H3. The lowest BCUT2D eigenvalue weighted by Crippen LogP contribution is -2.28. The van der Waals surface area contributed by atoms with Crippen LogP contribution >= 0.6 is 0 Å². The van der Waals surface area contributed by atoms with Gasteiger partial charge in [-0.25, -0.2) is 0 Å². The number of hydrogen-bond acceptors (Lipinski definition) is 4. The number of Topliss-reactive ketones (excluding diaryl/α,β-unsaturated/α-hetero) is 3. The second-order valence-corrected chi connectivity index (χ2v) is 8.14. The summed E-state index contributed by atoms with van der Waals surface area (Å²) >= 11 is 0. The zero-order chi connectivity index (χ0) is 21.9. The van der Waals surface area contributed by atoms with Crippen LogP contribution in [0.1, 0.15) is 72.9 Å². The minimum Gasteiger partial charge on any atom is -0.485 e. The second-order valence-electron chi connectivity index (χ2n) is 8.14. The molecule has 1 aliphatic carbocycles. The van der Waals surface area contributed by atoms with Crippen molar-refractivity contribution in [3.8, 4) is 0 Å². The number of allylic oxidation sites excluding steroid dienone is 4. The molecule has 0 N–H and O–H groups in total. The van der Waals surface area contributed by atoms with Crippen LogP contribution in [0.2, 0.25) is 0 Å². The van der Waals surface area contributed by atoms with Gasteiger partial charge in [0.25, 0.3) is 0 Å². The van der Waals surface area contributed by atoms with Crippen molar-refractivity contribution in [1.29, 1.82) is 0 Å². The molecule has 0 fully saturated rings. The molecule has 29 heavy (non-hydrogen) atoms. The van der Waals surface area contributed by atoms with E-state index in [1.165, 1.54) is 0 Å². The van der Waals surface area contributed by atoms with Gasteiger partial charge in [0.05, 0.1) is 0 Å². The monoisotopic (exact) mass is 394 g/mol. The van der Waals surface area contributed by atoms with Crippen LogP contribution in [-0.4, -0.2) is 24.0 Å². The first-order chi connectivity index (χ1) is 13.6. The van der Waals surface area contributed by atoms with Gasteiger partial charge in [-0.15, -0.1) is 0 Å². The van der Waals surface area contributed by atoms with Gasteiger partial charge in [-0.05, 0) is 62.8 Å². The first-order valence-corrected chi connectivity index (χ1v) is 9.97. The van der Waals surface area contributed by atoms with E-state index < -0.39 is 0 Å². The lowest BCUT2D eigenvalue weighted by atomic mass is 9.79. The number of carbonyl (C=O) groups excluding carboxylic acids is 3. The summed E-state index contributed by atoms with van der Waals surface area (Å²) < 4.78 is 5.82. The van der Waals surface area contributed by atoms with E-state index in [9.17, 15) is 14.4 Å². The fourth-order valence-electron chi connectivity index (χ4n) is 3.42. The molecule has 2 rings (SSSR count). The van der Waals surface area contributed by atoms with Crippen molar-refractivity contribution >= 4 is 17.3 Å². The van der Waals surface area contributed by atoms with E-state index in [0.29, 0.717) is 28.7 Å². The molecule has 0 unspecified atom stereocenters. The molecule has 0 aliphatic heterocycles. The highest BCUT2D eigenvalue weighted by Crippen LogP contribution is 2.34. The average molecular weight is 395 g/mol. The summed E-state index contributed by atoms with van der Waals surface area (Å²) in [6.45, 7) is 15.2. The first-order valence-electron chi connectivity index (χ1n) is 9.97. The average Bonchev–Trinajstić information content (AvgIpc) is 2.63. The third-order valence-electron chi connectivity index (χ3n) is 5.09. The fourth-order valence-corrected chi connectivity index (χ4v) is 3.42. The highest BCUT2D eigenvalue weighted by atomic mass is 16.5. The highest BCUT2D eigenvalue weighted by Gasteiger charge is 2.36. The minimum absolute atomic E-state index is 0.0463. The molecule has 0 saturated heterocycles. The van der Waals surface area contributed by atoms with E-state index in [1.807, 2.05) is 46.8 Å². The number of aryl methyl sites for hydroxylation is 1. The molecule has 1 aromatic rings. The van der Waals surface area contributed by atoms with Gasteiger partial charge in [-0.2, -0.15) is 0 Å². The van der Waals surface area contributed by atoms with Crippen molar-refractivity contribution in [3.05, 3.63) is 69.5 Å². The molecule has 0 radical (unpaired) electrons. The van der Waals surface area contributed by atoms with Gasteiger partial charge in [0, 0.05) is 23.1 Å². The molecule has 0 heterocycles. The molecule has 1 aromatic carbocycles. The van der Waals surface area contributed by atoms with Gasteiger partial charge in [-0.1, -0.05) is 38.1 Å². The van der Waals surface area contributed by atoms with Gasteiger partial charge in [0.2, 0.25) is 5.78 Å². The van der Waals surface area contributed by atoms with Crippen molar-refractivity contribution in [2.45, 2.75) is 54.4 Å². The first kappa shape index (κ1) is 22.5. The molecule has 0 saturated carbocycles. The van der Waals surface area contributed by atoms with E-state index >= 15 is 0 Å². The maximum Gasteiger partial charge on any atom is 0.229 e. The lowest BCUT2D eigenvalue weighted by molar-refractivity contribution is -0.115. The molecular weight excluding hydrogens is 364 g/mol. The number of ether oxygens (including phenoxy) is 1. The molecule has 4 nitrogen and oxygen atoms in total. The quantitative estimate of drug-likeness (QED) is 0.441. The normalized spacial score (nSPS) is 13.5. The Kier molecular flexibility index (Phi) is 7.12. The third-order valence-corrected chi connectivity index (χ3v) is 5.09. The smallest absolute Gasteiger partial charge is 0.229 e. The van der Waals surface area contributed by atoms with E-state index in [0.717, 1.165) is 16.7 Å². The maximum atomic E-state index is 13.4. The van der Waals surface area contributed by atoms with Crippen molar-refractivity contribution in [3.63, 3.8) is 0 Å². The summed E-state index contributed by atoms with van der Waals surface area (Å²) in [5, 5.41) is 0. The van der Waals surface area contributed by atoms with Gasteiger partial charge in [0.1, 0.15) is 6.61 Å². The molecule has 0 spiro atoms. The zero-order valence-corrected chi connectivity index (χ0v) is 18.3. The molecular formula is C25H30O4. The Balaban J connectivity index is 2.55. The van der Waals surface area contributed by atoms with Gasteiger partial charge in [-0.3, -0.25) is 14.4 Å². The minimum atomic E-state index is -0.271. The van der Waals surface area contributed by atoms with Crippen molar-refractivity contribution in [2.75, 3.05) is 6.61 Å². The maximum absolute atomic E-state index is 13.4. The van der Waals surface area contributed by atoms with Crippen LogP contribution in [0, 0.1) is 12.8 Å². The Morgan fingerprint density at radius 2 is 1.79 bits per heavy atom. The number of rotatable bonds is 8. The number of ketones is 3. The summed E-state index contributed by atoms with van der Waals surface area (Å²) in [6, 6.07) is 3.56. The van der Waals surface area contributed by atoms with Gasteiger partial charge < -0.3 is 4.74 Å². The fraction of sp³-hybridized carbons (Fsp3) is 0.400. The Bertz CT molecular complexity index is 938. The molecule has 4 heteroatoms. The van der Waals surface area contributed by atoms with E-state index in [4.69, 9.17) is 4.74 Å². The summed E-state index contributed by atoms with van der Waals surface area (Å²) in [5.41, 5.74) is 4.37. The number of carbonyl (C=O) groups is 3. The lowest BCUT2D eigenvalue weighted by Gasteiger charge is -2.25. The van der Waals surface area contributed by atoms with Crippen LogP contribution in [0.3, 0.4) is 0 Å². The summed E-state index contributed by atoms with van der Waals surface area (Å²) in [4.78, 5) is 38.7. The number of hydrogen-bond donors (Lipinski definition) is 0. The zero-order valence-electron chi connectivity index (χ0n) is 18.3. The van der Waals surface area contributed by atoms with E-state index in [-0.39, 0.29) is 42.1 Å². The highest BCUT2D eigenvalue weighted by molar-refractivity contribution is 6.27. The molecule has 0 bridgehead atoms. The van der Waals surface area contributed by atoms with Crippen LogP contribution in [0.5, 0.6) is 0 Å². The summed E-state index contributed by atoms with van der Waals surface area (Å²) in [6.07, 6.45) is 2.52. The van der Waals surface area contributed by atoms with Gasteiger partial charge >= 0.3 is 0 Å². The SMILES string of the molecule is C=C(C)C(=O)CCc1c(C)ccc2c1C(=O)C(OCC=C(C)C)=C(C(C)C)C2=O. The van der Waals surface area contributed by atoms with Crippen molar-refractivity contribution < 1.29 is 19.1 Å². The largest absolute Gasteiger partial charge is 0.485 e. The predicted octanol–water partition coefficient (Wildman–Crippen LogP) is 5.34. The predicted molar refractivity (Wildman–Crippen MR) is 115 cm³/mol. The molecule has 0 aromatic heterocycles. The number of benzene rings is 1. The topological polar surface area (TPSA) is 60.4 Å².